The highest BCUT2D eigenvalue weighted by molar-refractivity contribution is 8.00. The van der Waals surface area contributed by atoms with Crippen LogP contribution < -0.4 is 15.2 Å². The Morgan fingerprint density at radius 1 is 1.14 bits per heavy atom. The van der Waals surface area contributed by atoms with Gasteiger partial charge in [-0.25, -0.2) is 13.1 Å². The van der Waals surface area contributed by atoms with E-state index < -0.39 is 10.0 Å². The molecular weight excluding hydrogens is 308 g/mol. The predicted molar refractivity (Wildman–Crippen MR) is 84.2 cm³/mol. The molecule has 0 amide bonds. The average Bonchev–Trinajstić information content (AvgIpc) is 2.49. The Labute approximate surface area is 128 Å². The molecule has 3 N–H and O–H groups in total. The van der Waals surface area contributed by atoms with Crippen molar-refractivity contribution in [3.63, 3.8) is 0 Å². The minimum Gasteiger partial charge on any atom is -0.497 e. The smallest absolute Gasteiger partial charge is 0.241 e. The monoisotopic (exact) mass is 324 g/mol. The van der Waals surface area contributed by atoms with Crippen molar-refractivity contribution in [2.24, 2.45) is 0 Å². The molecule has 0 fully saturated rings. The summed E-state index contributed by atoms with van der Waals surface area (Å²) < 4.78 is 31.5. The largest absolute Gasteiger partial charge is 0.497 e. The van der Waals surface area contributed by atoms with Crippen molar-refractivity contribution in [1.82, 2.24) is 4.72 Å². The Hall–Kier alpha value is -1.70. The molecule has 5 nitrogen and oxygen atoms in total. The van der Waals surface area contributed by atoms with E-state index in [2.05, 4.69) is 4.72 Å². The van der Waals surface area contributed by atoms with Crippen LogP contribution in [-0.4, -0.2) is 22.6 Å². The maximum atomic E-state index is 12.1. The number of nitrogens with one attached hydrogen (secondary N) is 1. The fourth-order valence-corrected chi connectivity index (χ4v) is 3.82. The van der Waals surface area contributed by atoms with Gasteiger partial charge in [0, 0.05) is 15.5 Å². The van der Waals surface area contributed by atoms with Gasteiger partial charge in [-0.2, -0.15) is 0 Å². The fraction of sp³-hybridized carbons (Fsp3) is 0.143. The lowest BCUT2D eigenvalue weighted by atomic mass is 10.3. The van der Waals surface area contributed by atoms with Crippen LogP contribution in [0.5, 0.6) is 5.75 Å². The molecule has 21 heavy (non-hydrogen) atoms. The van der Waals surface area contributed by atoms with Crippen molar-refractivity contribution in [2.75, 3.05) is 19.9 Å². The van der Waals surface area contributed by atoms with Crippen molar-refractivity contribution >= 4 is 27.5 Å². The zero-order chi connectivity index (χ0) is 15.5. The standard InChI is InChI=1S/C14H16N2O3S2/c1-16-21(17,18)14-9-10(15)3-8-13(14)20-12-6-4-11(19-2)5-7-12/h3-9,16H,15H2,1-2H3. The molecule has 2 aromatic carbocycles. The third-order valence-electron chi connectivity index (χ3n) is 2.81. The number of sulfonamides is 1. The second-order valence-corrected chi connectivity index (χ2v) is 7.16. The number of methoxy groups -OCH3 is 1. The first kappa shape index (κ1) is 15.7. The van der Waals surface area contributed by atoms with E-state index in [0.717, 1.165) is 10.6 Å². The van der Waals surface area contributed by atoms with Gasteiger partial charge in [-0.05, 0) is 49.5 Å². The number of nitrogen functional groups attached to an aromatic ring is 1. The van der Waals surface area contributed by atoms with E-state index in [1.54, 1.807) is 19.2 Å². The van der Waals surface area contributed by atoms with Crippen LogP contribution in [0.4, 0.5) is 5.69 Å². The molecule has 112 valence electrons. The van der Waals surface area contributed by atoms with Crippen LogP contribution >= 0.6 is 11.8 Å². The van der Waals surface area contributed by atoms with Gasteiger partial charge in [0.05, 0.1) is 12.0 Å². The van der Waals surface area contributed by atoms with Gasteiger partial charge in [0.25, 0.3) is 0 Å². The van der Waals surface area contributed by atoms with Crippen LogP contribution in [0.25, 0.3) is 0 Å². The van der Waals surface area contributed by atoms with E-state index >= 15 is 0 Å². The van der Waals surface area contributed by atoms with Crippen LogP contribution in [0.3, 0.4) is 0 Å². The van der Waals surface area contributed by atoms with E-state index in [9.17, 15) is 8.42 Å². The molecule has 0 aromatic heterocycles. The SMILES string of the molecule is CNS(=O)(=O)c1cc(N)ccc1Sc1ccc(OC)cc1. The molecule has 0 aliphatic carbocycles. The molecule has 0 heterocycles. The Kier molecular flexibility index (Phi) is 4.76. The summed E-state index contributed by atoms with van der Waals surface area (Å²) in [6.45, 7) is 0. The highest BCUT2D eigenvalue weighted by Crippen LogP contribution is 2.34. The van der Waals surface area contributed by atoms with E-state index in [-0.39, 0.29) is 4.90 Å². The van der Waals surface area contributed by atoms with Crippen molar-refractivity contribution in [1.29, 1.82) is 0 Å². The molecule has 0 bridgehead atoms. The summed E-state index contributed by atoms with van der Waals surface area (Å²) in [5.41, 5.74) is 6.10. The lowest BCUT2D eigenvalue weighted by Gasteiger charge is -2.10. The summed E-state index contributed by atoms with van der Waals surface area (Å²) in [6.07, 6.45) is 0. The molecule has 0 saturated carbocycles. The summed E-state index contributed by atoms with van der Waals surface area (Å²) in [4.78, 5) is 1.70. The van der Waals surface area contributed by atoms with Crippen molar-refractivity contribution in [3.05, 3.63) is 42.5 Å². The van der Waals surface area contributed by atoms with Crippen molar-refractivity contribution < 1.29 is 13.2 Å². The molecule has 2 rings (SSSR count). The van der Waals surface area contributed by atoms with Crippen molar-refractivity contribution in [2.45, 2.75) is 14.7 Å². The Morgan fingerprint density at radius 2 is 1.81 bits per heavy atom. The number of ether oxygens (including phenoxy) is 1. The van der Waals surface area contributed by atoms with Gasteiger partial charge in [0.15, 0.2) is 0 Å². The molecule has 0 saturated heterocycles. The first-order chi connectivity index (χ1) is 9.96. The molecular formula is C14H16N2O3S2. The molecule has 0 spiro atoms. The number of hydrogen-bond acceptors (Lipinski definition) is 5. The average molecular weight is 324 g/mol. The van der Waals surface area contributed by atoms with E-state index in [1.807, 2.05) is 24.3 Å². The summed E-state index contributed by atoms with van der Waals surface area (Å²) in [7, 11) is -0.588. The number of anilines is 1. The molecule has 0 atom stereocenters. The quantitative estimate of drug-likeness (QED) is 0.825. The van der Waals surface area contributed by atoms with Gasteiger partial charge in [-0.1, -0.05) is 11.8 Å². The highest BCUT2D eigenvalue weighted by Gasteiger charge is 2.17. The van der Waals surface area contributed by atoms with E-state index in [0.29, 0.717) is 10.6 Å². The van der Waals surface area contributed by atoms with Gasteiger partial charge in [0.2, 0.25) is 10.0 Å². The fourth-order valence-electron chi connectivity index (χ4n) is 1.70. The number of hydrogen-bond donors (Lipinski definition) is 2. The second-order valence-electron chi connectivity index (χ2n) is 4.19. The first-order valence-corrected chi connectivity index (χ1v) is 8.41. The minimum absolute atomic E-state index is 0.172. The molecule has 0 unspecified atom stereocenters. The predicted octanol–water partition coefficient (Wildman–Crippen LogP) is 2.34. The minimum atomic E-state index is -3.56. The Bertz CT molecular complexity index is 728. The molecule has 0 aliphatic rings. The van der Waals surface area contributed by atoms with Gasteiger partial charge in [-0.15, -0.1) is 0 Å². The summed E-state index contributed by atoms with van der Waals surface area (Å²) in [5.74, 6) is 0.750. The van der Waals surface area contributed by atoms with Crippen LogP contribution in [-0.2, 0) is 10.0 Å². The maximum Gasteiger partial charge on any atom is 0.241 e. The number of benzene rings is 2. The summed E-state index contributed by atoms with van der Waals surface area (Å²) >= 11 is 1.35. The summed E-state index contributed by atoms with van der Waals surface area (Å²) in [6, 6.07) is 12.2. The third-order valence-corrected chi connectivity index (χ3v) is 5.48. The van der Waals surface area contributed by atoms with Gasteiger partial charge >= 0.3 is 0 Å². The van der Waals surface area contributed by atoms with Crippen LogP contribution in [0.1, 0.15) is 0 Å². The third kappa shape index (κ3) is 3.69. The van der Waals surface area contributed by atoms with Gasteiger partial charge in [-0.3, -0.25) is 0 Å². The molecule has 0 aliphatic heterocycles. The zero-order valence-electron chi connectivity index (χ0n) is 11.7. The topological polar surface area (TPSA) is 81.4 Å². The first-order valence-electron chi connectivity index (χ1n) is 6.11. The Morgan fingerprint density at radius 3 is 2.38 bits per heavy atom. The molecule has 0 radical (unpaired) electrons. The summed E-state index contributed by atoms with van der Waals surface area (Å²) in [5, 5.41) is 0. The van der Waals surface area contributed by atoms with E-state index in [4.69, 9.17) is 10.5 Å². The number of nitrogens with two attached hydrogens (primary N) is 1. The number of rotatable bonds is 5. The lowest BCUT2D eigenvalue weighted by molar-refractivity contribution is 0.414. The lowest BCUT2D eigenvalue weighted by Crippen LogP contribution is -2.19. The Balaban J connectivity index is 2.39. The second kappa shape index (κ2) is 6.38. The van der Waals surface area contributed by atoms with Gasteiger partial charge in [0.1, 0.15) is 5.75 Å². The van der Waals surface area contributed by atoms with Gasteiger partial charge < -0.3 is 10.5 Å². The molecule has 2 aromatic rings. The van der Waals surface area contributed by atoms with Crippen LogP contribution in [0.2, 0.25) is 0 Å². The van der Waals surface area contributed by atoms with Crippen LogP contribution in [0.15, 0.2) is 57.2 Å². The highest BCUT2D eigenvalue weighted by atomic mass is 32.2. The van der Waals surface area contributed by atoms with E-state index in [1.165, 1.54) is 24.9 Å². The normalized spacial score (nSPS) is 11.3. The zero-order valence-corrected chi connectivity index (χ0v) is 13.3. The van der Waals surface area contributed by atoms with Crippen LogP contribution in [0, 0.1) is 0 Å². The maximum absolute atomic E-state index is 12.1. The van der Waals surface area contributed by atoms with Crippen molar-refractivity contribution in [3.8, 4) is 5.75 Å². The molecule has 7 heteroatoms.